The summed E-state index contributed by atoms with van der Waals surface area (Å²) in [5, 5.41) is 0. The van der Waals surface area contributed by atoms with Crippen LogP contribution in [0, 0.1) is 0 Å². The van der Waals surface area contributed by atoms with Gasteiger partial charge in [-0.2, -0.15) is 0 Å². The van der Waals surface area contributed by atoms with Gasteiger partial charge < -0.3 is 10.6 Å². The van der Waals surface area contributed by atoms with E-state index in [9.17, 15) is 4.79 Å². The number of anilines is 2. The van der Waals surface area contributed by atoms with Crippen molar-refractivity contribution in [3.8, 4) is 5.69 Å². The molecule has 0 amide bonds. The van der Waals surface area contributed by atoms with Crippen molar-refractivity contribution < 1.29 is 0 Å². The molecule has 0 bridgehead atoms. The normalized spacial score (nSPS) is 10.2. The zero-order valence-electron chi connectivity index (χ0n) is 9.79. The summed E-state index contributed by atoms with van der Waals surface area (Å²) < 4.78 is 1.47. The van der Waals surface area contributed by atoms with Crippen molar-refractivity contribution in [2.45, 2.75) is 0 Å². The maximum absolute atomic E-state index is 11.8. The molecule has 0 atom stereocenters. The van der Waals surface area contributed by atoms with E-state index in [1.54, 1.807) is 24.5 Å². The minimum Gasteiger partial charge on any atom is -0.394 e. The molecule has 0 aliphatic rings. The molecule has 5 nitrogen and oxygen atoms in total. The van der Waals surface area contributed by atoms with Gasteiger partial charge in [0.2, 0.25) is 0 Å². The molecule has 0 saturated heterocycles. The summed E-state index contributed by atoms with van der Waals surface area (Å²) >= 11 is 0. The molecule has 0 spiro atoms. The van der Waals surface area contributed by atoms with Crippen LogP contribution >= 0.6 is 0 Å². The van der Waals surface area contributed by atoms with Crippen molar-refractivity contribution >= 4 is 11.5 Å². The fourth-order valence-electron chi connectivity index (χ4n) is 1.50. The average Bonchev–Trinajstić information content (AvgIpc) is 2.33. The molecule has 0 aliphatic carbocycles. The molecule has 2 heterocycles. The standard InChI is InChI=1S/C12H14N4O/c1-15(2)11-6-5-9(8-14-11)16-7-3-4-10(13)12(16)17/h3-8H,13H2,1-2H3. The van der Waals surface area contributed by atoms with Gasteiger partial charge in [0.25, 0.3) is 5.56 Å². The summed E-state index contributed by atoms with van der Waals surface area (Å²) in [6.45, 7) is 0. The number of nitrogen functional groups attached to an aromatic ring is 1. The third kappa shape index (κ3) is 2.13. The molecular weight excluding hydrogens is 216 g/mol. The Kier molecular flexibility index (Phi) is 2.82. The van der Waals surface area contributed by atoms with Gasteiger partial charge in [-0.1, -0.05) is 0 Å². The fraction of sp³-hybridized carbons (Fsp3) is 0.167. The molecule has 0 aliphatic heterocycles. The summed E-state index contributed by atoms with van der Waals surface area (Å²) in [4.78, 5) is 17.9. The van der Waals surface area contributed by atoms with E-state index in [0.717, 1.165) is 5.82 Å². The highest BCUT2D eigenvalue weighted by Crippen LogP contribution is 2.10. The highest BCUT2D eigenvalue weighted by atomic mass is 16.1. The predicted octanol–water partition coefficient (Wildman–Crippen LogP) is 0.881. The summed E-state index contributed by atoms with van der Waals surface area (Å²) in [5.41, 5.74) is 6.27. The average molecular weight is 230 g/mol. The molecule has 2 aromatic rings. The van der Waals surface area contributed by atoms with E-state index in [1.165, 1.54) is 4.57 Å². The quantitative estimate of drug-likeness (QED) is 0.831. The van der Waals surface area contributed by atoms with Crippen LogP contribution in [0.4, 0.5) is 11.5 Å². The zero-order valence-corrected chi connectivity index (χ0v) is 9.79. The van der Waals surface area contributed by atoms with Crippen LogP contribution in [0.5, 0.6) is 0 Å². The lowest BCUT2D eigenvalue weighted by atomic mass is 10.3. The molecule has 5 heteroatoms. The lowest BCUT2D eigenvalue weighted by molar-refractivity contribution is 0.973. The Morgan fingerprint density at radius 1 is 1.29 bits per heavy atom. The fourth-order valence-corrected chi connectivity index (χ4v) is 1.50. The van der Waals surface area contributed by atoms with Gasteiger partial charge in [-0.25, -0.2) is 4.98 Å². The molecule has 0 aromatic carbocycles. The van der Waals surface area contributed by atoms with Crippen molar-refractivity contribution in [1.82, 2.24) is 9.55 Å². The van der Waals surface area contributed by atoms with Crippen LogP contribution in [0.1, 0.15) is 0 Å². The van der Waals surface area contributed by atoms with Crippen LogP contribution in [-0.2, 0) is 0 Å². The number of aromatic nitrogens is 2. The van der Waals surface area contributed by atoms with Gasteiger partial charge in [-0.15, -0.1) is 0 Å². The Balaban J connectivity index is 2.47. The number of pyridine rings is 2. The van der Waals surface area contributed by atoms with E-state index in [4.69, 9.17) is 5.73 Å². The highest BCUT2D eigenvalue weighted by Gasteiger charge is 2.03. The lowest BCUT2D eigenvalue weighted by Crippen LogP contribution is -2.20. The SMILES string of the molecule is CN(C)c1ccc(-n2cccc(N)c2=O)cn1. The topological polar surface area (TPSA) is 64.2 Å². The van der Waals surface area contributed by atoms with Crippen molar-refractivity contribution in [3.05, 3.63) is 47.0 Å². The van der Waals surface area contributed by atoms with Gasteiger partial charge in [-0.05, 0) is 24.3 Å². The van der Waals surface area contributed by atoms with Gasteiger partial charge in [0, 0.05) is 20.3 Å². The minimum absolute atomic E-state index is 0.226. The summed E-state index contributed by atoms with van der Waals surface area (Å²) in [6, 6.07) is 7.01. The molecule has 0 unspecified atom stereocenters. The van der Waals surface area contributed by atoms with Gasteiger partial charge >= 0.3 is 0 Å². The van der Waals surface area contributed by atoms with E-state index in [1.807, 2.05) is 31.1 Å². The largest absolute Gasteiger partial charge is 0.394 e. The van der Waals surface area contributed by atoms with Crippen LogP contribution in [0.2, 0.25) is 0 Å². The second-order valence-corrected chi connectivity index (χ2v) is 3.91. The number of hydrogen-bond acceptors (Lipinski definition) is 4. The van der Waals surface area contributed by atoms with Gasteiger partial charge in [0.05, 0.1) is 17.6 Å². The molecule has 0 radical (unpaired) electrons. The molecule has 2 N–H and O–H groups in total. The van der Waals surface area contributed by atoms with Crippen LogP contribution in [0.15, 0.2) is 41.5 Å². The maximum Gasteiger partial charge on any atom is 0.278 e. The van der Waals surface area contributed by atoms with Crippen LogP contribution < -0.4 is 16.2 Å². The van der Waals surface area contributed by atoms with E-state index < -0.39 is 0 Å². The Bertz CT molecular complexity index is 572. The van der Waals surface area contributed by atoms with Crippen molar-refractivity contribution in [2.24, 2.45) is 0 Å². The predicted molar refractivity (Wildman–Crippen MR) is 68.6 cm³/mol. The van der Waals surface area contributed by atoms with Gasteiger partial charge in [-0.3, -0.25) is 9.36 Å². The molecule has 0 saturated carbocycles. The van der Waals surface area contributed by atoms with E-state index in [2.05, 4.69) is 4.98 Å². The Morgan fingerprint density at radius 2 is 2.06 bits per heavy atom. The monoisotopic (exact) mass is 230 g/mol. The highest BCUT2D eigenvalue weighted by molar-refractivity contribution is 5.44. The first-order chi connectivity index (χ1) is 8.09. The second kappa shape index (κ2) is 4.29. The lowest BCUT2D eigenvalue weighted by Gasteiger charge is -2.12. The summed E-state index contributed by atoms with van der Waals surface area (Å²) in [7, 11) is 3.82. The Labute approximate surface area is 99.1 Å². The molecular formula is C12H14N4O. The number of nitrogens with zero attached hydrogens (tertiary/aromatic N) is 3. The molecule has 2 rings (SSSR count). The third-order valence-corrected chi connectivity index (χ3v) is 2.45. The number of rotatable bonds is 2. The minimum atomic E-state index is -0.230. The van der Waals surface area contributed by atoms with E-state index in [-0.39, 0.29) is 11.2 Å². The summed E-state index contributed by atoms with van der Waals surface area (Å²) in [6.07, 6.45) is 3.32. The first-order valence-corrected chi connectivity index (χ1v) is 5.20. The number of nitrogens with two attached hydrogens (primary N) is 1. The molecule has 0 fully saturated rings. The zero-order chi connectivity index (χ0) is 12.4. The maximum atomic E-state index is 11.8. The number of hydrogen-bond donors (Lipinski definition) is 1. The summed E-state index contributed by atoms with van der Waals surface area (Å²) in [5.74, 6) is 0.839. The smallest absolute Gasteiger partial charge is 0.278 e. The van der Waals surface area contributed by atoms with E-state index in [0.29, 0.717) is 5.69 Å². The molecule has 2 aromatic heterocycles. The Morgan fingerprint density at radius 3 is 2.65 bits per heavy atom. The van der Waals surface area contributed by atoms with Crippen LogP contribution in [0.25, 0.3) is 5.69 Å². The van der Waals surface area contributed by atoms with Crippen molar-refractivity contribution in [3.63, 3.8) is 0 Å². The van der Waals surface area contributed by atoms with Gasteiger partial charge in [0.1, 0.15) is 5.82 Å². The van der Waals surface area contributed by atoms with E-state index >= 15 is 0 Å². The second-order valence-electron chi connectivity index (χ2n) is 3.91. The van der Waals surface area contributed by atoms with Crippen molar-refractivity contribution in [1.29, 1.82) is 0 Å². The first kappa shape index (κ1) is 11.2. The third-order valence-electron chi connectivity index (χ3n) is 2.45. The molecule has 17 heavy (non-hydrogen) atoms. The first-order valence-electron chi connectivity index (χ1n) is 5.20. The van der Waals surface area contributed by atoms with Gasteiger partial charge in [0.15, 0.2) is 0 Å². The Hall–Kier alpha value is -2.30. The molecule has 88 valence electrons. The van der Waals surface area contributed by atoms with Crippen LogP contribution in [0.3, 0.4) is 0 Å². The van der Waals surface area contributed by atoms with Crippen molar-refractivity contribution in [2.75, 3.05) is 24.7 Å². The van der Waals surface area contributed by atoms with Crippen LogP contribution in [-0.4, -0.2) is 23.6 Å².